The van der Waals surface area contributed by atoms with Gasteiger partial charge in [0.1, 0.15) is 24.9 Å². The SMILES string of the molecule is CC(C)(C)OC(=O)C(NCc1ccccc1)C(C(=O)OCc1ccccc1)C(=O)OCc1ccccc1. The van der Waals surface area contributed by atoms with Gasteiger partial charge in [-0.05, 0) is 37.5 Å². The van der Waals surface area contributed by atoms with Gasteiger partial charge in [0.25, 0.3) is 0 Å². The molecular formula is C30H33NO6. The second kappa shape index (κ2) is 13.4. The van der Waals surface area contributed by atoms with E-state index in [2.05, 4.69) is 5.32 Å². The lowest BCUT2D eigenvalue weighted by atomic mass is 9.98. The molecule has 0 amide bonds. The fourth-order valence-electron chi connectivity index (χ4n) is 3.53. The van der Waals surface area contributed by atoms with Gasteiger partial charge >= 0.3 is 17.9 Å². The van der Waals surface area contributed by atoms with Crippen LogP contribution in [0.4, 0.5) is 0 Å². The zero-order valence-electron chi connectivity index (χ0n) is 21.4. The van der Waals surface area contributed by atoms with E-state index in [1.54, 1.807) is 45.0 Å². The Morgan fingerprint density at radius 2 is 1.05 bits per heavy atom. The highest BCUT2D eigenvalue weighted by Crippen LogP contribution is 2.18. The van der Waals surface area contributed by atoms with Crippen molar-refractivity contribution < 1.29 is 28.6 Å². The van der Waals surface area contributed by atoms with Crippen LogP contribution >= 0.6 is 0 Å². The maximum atomic E-state index is 13.3. The monoisotopic (exact) mass is 503 g/mol. The summed E-state index contributed by atoms with van der Waals surface area (Å²) in [5.74, 6) is -4.08. The summed E-state index contributed by atoms with van der Waals surface area (Å²) in [6, 6.07) is 26.2. The third-order valence-corrected chi connectivity index (χ3v) is 5.32. The van der Waals surface area contributed by atoms with E-state index < -0.39 is 35.5 Å². The van der Waals surface area contributed by atoms with Gasteiger partial charge in [-0.3, -0.25) is 19.7 Å². The number of carbonyl (C=O) groups is 3. The van der Waals surface area contributed by atoms with E-state index in [4.69, 9.17) is 14.2 Å². The van der Waals surface area contributed by atoms with Gasteiger partial charge in [0.05, 0.1) is 0 Å². The number of hydrogen-bond acceptors (Lipinski definition) is 7. The van der Waals surface area contributed by atoms with Gasteiger partial charge in [-0.15, -0.1) is 0 Å². The Morgan fingerprint density at radius 1 is 0.649 bits per heavy atom. The number of carbonyl (C=O) groups excluding carboxylic acids is 3. The van der Waals surface area contributed by atoms with Crippen molar-refractivity contribution in [1.29, 1.82) is 0 Å². The minimum absolute atomic E-state index is 0.0537. The average Bonchev–Trinajstić information content (AvgIpc) is 2.89. The molecule has 0 aliphatic carbocycles. The largest absolute Gasteiger partial charge is 0.460 e. The van der Waals surface area contributed by atoms with Gasteiger partial charge in [-0.2, -0.15) is 0 Å². The Morgan fingerprint density at radius 3 is 1.46 bits per heavy atom. The predicted molar refractivity (Wildman–Crippen MR) is 139 cm³/mol. The number of hydrogen-bond donors (Lipinski definition) is 1. The molecule has 0 aliphatic heterocycles. The topological polar surface area (TPSA) is 90.9 Å². The number of benzene rings is 3. The Kier molecular flexibility index (Phi) is 9.98. The minimum atomic E-state index is -1.58. The molecule has 0 heterocycles. The number of esters is 3. The van der Waals surface area contributed by atoms with E-state index in [9.17, 15) is 14.4 Å². The first-order valence-corrected chi connectivity index (χ1v) is 12.1. The van der Waals surface area contributed by atoms with E-state index >= 15 is 0 Å². The van der Waals surface area contributed by atoms with Gasteiger partial charge in [0, 0.05) is 6.54 Å². The van der Waals surface area contributed by atoms with Crippen molar-refractivity contribution in [3.05, 3.63) is 108 Å². The Hall–Kier alpha value is -3.97. The van der Waals surface area contributed by atoms with Gasteiger partial charge in [-0.1, -0.05) is 91.0 Å². The van der Waals surface area contributed by atoms with Crippen LogP contribution < -0.4 is 5.32 Å². The number of ether oxygens (including phenoxy) is 3. The zero-order valence-corrected chi connectivity index (χ0v) is 21.4. The van der Waals surface area contributed by atoms with Crippen molar-refractivity contribution in [2.24, 2.45) is 5.92 Å². The summed E-state index contributed by atoms with van der Waals surface area (Å²) in [6.45, 7) is 5.27. The number of nitrogens with one attached hydrogen (secondary N) is 1. The van der Waals surface area contributed by atoms with Crippen LogP contribution in [0.25, 0.3) is 0 Å². The molecule has 1 unspecified atom stereocenters. The van der Waals surface area contributed by atoms with Crippen LogP contribution in [0.15, 0.2) is 91.0 Å². The first kappa shape index (κ1) is 27.6. The molecule has 0 saturated heterocycles. The third-order valence-electron chi connectivity index (χ3n) is 5.32. The molecule has 0 aromatic heterocycles. The van der Waals surface area contributed by atoms with Gasteiger partial charge in [0.2, 0.25) is 0 Å². The maximum absolute atomic E-state index is 13.3. The summed E-state index contributed by atoms with van der Waals surface area (Å²) in [6.07, 6.45) is 0. The first-order chi connectivity index (χ1) is 17.7. The fraction of sp³-hybridized carbons (Fsp3) is 0.300. The van der Waals surface area contributed by atoms with Crippen LogP contribution in [0.2, 0.25) is 0 Å². The summed E-state index contributed by atoms with van der Waals surface area (Å²) in [7, 11) is 0. The summed E-state index contributed by atoms with van der Waals surface area (Å²) >= 11 is 0. The molecule has 0 bridgehead atoms. The molecule has 1 atom stereocenters. The van der Waals surface area contributed by atoms with Crippen LogP contribution in [0, 0.1) is 5.92 Å². The van der Waals surface area contributed by atoms with Crippen molar-refractivity contribution >= 4 is 17.9 Å². The molecule has 7 nitrogen and oxygen atoms in total. The van der Waals surface area contributed by atoms with Crippen LogP contribution in [0.1, 0.15) is 37.5 Å². The smallest absolute Gasteiger partial charge is 0.325 e. The summed E-state index contributed by atoms with van der Waals surface area (Å²) < 4.78 is 16.6. The second-order valence-corrected chi connectivity index (χ2v) is 9.54. The van der Waals surface area contributed by atoms with Crippen molar-refractivity contribution in [3.8, 4) is 0 Å². The highest BCUT2D eigenvalue weighted by atomic mass is 16.6. The molecule has 37 heavy (non-hydrogen) atoms. The third kappa shape index (κ3) is 9.20. The van der Waals surface area contributed by atoms with Crippen LogP contribution in [-0.4, -0.2) is 29.6 Å². The highest BCUT2D eigenvalue weighted by molar-refractivity contribution is 6.00. The van der Waals surface area contributed by atoms with Crippen LogP contribution in [0.5, 0.6) is 0 Å². The maximum Gasteiger partial charge on any atom is 0.325 e. The molecule has 0 saturated carbocycles. The van der Waals surface area contributed by atoms with Gasteiger partial charge in [-0.25, -0.2) is 0 Å². The first-order valence-electron chi connectivity index (χ1n) is 12.1. The zero-order chi connectivity index (χ0) is 26.7. The molecule has 0 spiro atoms. The standard InChI is InChI=1S/C30H33NO6/c1-30(2,3)37-29(34)26(31-19-22-13-7-4-8-14-22)25(27(32)35-20-23-15-9-5-10-16-23)28(33)36-21-24-17-11-6-12-18-24/h4-18,25-26,31H,19-21H2,1-3H3. The van der Waals surface area contributed by atoms with E-state index in [1.165, 1.54) is 0 Å². The lowest BCUT2D eigenvalue weighted by molar-refractivity contribution is -0.174. The number of rotatable bonds is 11. The molecule has 0 radical (unpaired) electrons. The van der Waals surface area contributed by atoms with E-state index in [-0.39, 0.29) is 19.8 Å². The summed E-state index contributed by atoms with van der Waals surface area (Å²) in [4.78, 5) is 39.9. The van der Waals surface area contributed by atoms with Crippen LogP contribution in [0.3, 0.4) is 0 Å². The normalized spacial score (nSPS) is 12.0. The second-order valence-electron chi connectivity index (χ2n) is 9.54. The molecule has 7 heteroatoms. The lowest BCUT2D eigenvalue weighted by Gasteiger charge is -2.28. The summed E-state index contributed by atoms with van der Waals surface area (Å²) in [5, 5.41) is 3.04. The van der Waals surface area contributed by atoms with E-state index in [1.807, 2.05) is 66.7 Å². The molecule has 0 aliphatic rings. The van der Waals surface area contributed by atoms with Gasteiger partial charge < -0.3 is 14.2 Å². The Bertz CT molecular complexity index is 1090. The van der Waals surface area contributed by atoms with Crippen molar-refractivity contribution in [3.63, 3.8) is 0 Å². The fourth-order valence-corrected chi connectivity index (χ4v) is 3.53. The Balaban J connectivity index is 1.86. The molecule has 3 rings (SSSR count). The predicted octanol–water partition coefficient (Wildman–Crippen LogP) is 4.59. The average molecular weight is 504 g/mol. The van der Waals surface area contributed by atoms with Crippen molar-refractivity contribution in [2.75, 3.05) is 0 Å². The molecule has 3 aromatic carbocycles. The summed E-state index contributed by atoms with van der Waals surface area (Å²) in [5.41, 5.74) is 1.53. The molecule has 3 aromatic rings. The Labute approximate surface area is 217 Å². The molecule has 1 N–H and O–H groups in total. The van der Waals surface area contributed by atoms with Crippen LogP contribution in [-0.2, 0) is 48.4 Å². The van der Waals surface area contributed by atoms with Crippen molar-refractivity contribution in [2.45, 2.75) is 52.2 Å². The highest BCUT2D eigenvalue weighted by Gasteiger charge is 2.43. The molecule has 194 valence electrons. The molecule has 0 fully saturated rings. The van der Waals surface area contributed by atoms with E-state index in [0.29, 0.717) is 0 Å². The van der Waals surface area contributed by atoms with Crippen molar-refractivity contribution in [1.82, 2.24) is 5.32 Å². The quantitative estimate of drug-likeness (QED) is 0.233. The lowest BCUT2D eigenvalue weighted by Crippen LogP contribution is -2.52. The molecular weight excluding hydrogens is 470 g/mol. The van der Waals surface area contributed by atoms with Gasteiger partial charge in [0.15, 0.2) is 5.92 Å². The minimum Gasteiger partial charge on any atom is -0.460 e. The van der Waals surface area contributed by atoms with E-state index in [0.717, 1.165) is 16.7 Å².